The third kappa shape index (κ3) is 6.43. The number of rotatable bonds is 9. The van der Waals surface area contributed by atoms with Gasteiger partial charge in [0.15, 0.2) is 0 Å². The van der Waals surface area contributed by atoms with Gasteiger partial charge in [0.05, 0.1) is 11.4 Å². The van der Waals surface area contributed by atoms with Crippen LogP contribution in [-0.4, -0.2) is 12.6 Å². The summed E-state index contributed by atoms with van der Waals surface area (Å²) in [6, 6.07) is 41.6. The van der Waals surface area contributed by atoms with E-state index in [1.54, 1.807) is 0 Å². The zero-order valence-corrected chi connectivity index (χ0v) is 28.4. The quantitative estimate of drug-likeness (QED) is 0.149. The lowest BCUT2D eigenvalue weighted by atomic mass is 10.00. The first-order valence-electron chi connectivity index (χ1n) is 16.2. The van der Waals surface area contributed by atoms with Crippen molar-refractivity contribution in [1.29, 1.82) is 0 Å². The highest BCUT2D eigenvalue weighted by Crippen LogP contribution is 2.42. The lowest BCUT2D eigenvalue weighted by Crippen LogP contribution is -2.13. The van der Waals surface area contributed by atoms with Crippen molar-refractivity contribution in [2.75, 3.05) is 9.80 Å². The van der Waals surface area contributed by atoms with Crippen LogP contribution in [0.5, 0.6) is 0 Å². The van der Waals surface area contributed by atoms with E-state index in [0.717, 1.165) is 57.8 Å². The van der Waals surface area contributed by atoms with Crippen LogP contribution in [0.2, 0.25) is 0 Å². The van der Waals surface area contributed by atoms with Crippen LogP contribution in [0.15, 0.2) is 121 Å². The molecule has 0 amide bonds. The second-order valence-corrected chi connectivity index (χ2v) is 12.7. The minimum absolute atomic E-state index is 0.652. The highest BCUT2D eigenvalue weighted by molar-refractivity contribution is 5.85. The number of aldehydes is 2. The van der Waals surface area contributed by atoms with Crippen LogP contribution >= 0.6 is 0 Å². The van der Waals surface area contributed by atoms with Gasteiger partial charge in [-0.15, -0.1) is 0 Å². The lowest BCUT2D eigenvalue weighted by molar-refractivity contribution is 0.111. The topological polar surface area (TPSA) is 40.6 Å². The summed E-state index contributed by atoms with van der Waals surface area (Å²) in [5.41, 5.74) is 17.1. The molecule has 4 heteroatoms. The van der Waals surface area contributed by atoms with Crippen LogP contribution in [0.1, 0.15) is 54.1 Å². The molecule has 0 N–H and O–H groups in total. The second kappa shape index (κ2) is 13.5. The van der Waals surface area contributed by atoms with Crippen LogP contribution in [-0.2, 0) is 0 Å². The zero-order valence-electron chi connectivity index (χ0n) is 28.4. The summed E-state index contributed by atoms with van der Waals surface area (Å²) in [4.78, 5) is 27.3. The van der Waals surface area contributed by atoms with Crippen LogP contribution in [0.25, 0.3) is 11.1 Å². The van der Waals surface area contributed by atoms with E-state index in [-0.39, 0.29) is 0 Å². The van der Waals surface area contributed by atoms with E-state index in [1.165, 1.54) is 33.4 Å². The van der Waals surface area contributed by atoms with Crippen LogP contribution in [0.4, 0.5) is 34.1 Å². The number of aryl methyl sites for hydroxylation is 6. The first-order chi connectivity index (χ1) is 23.2. The summed E-state index contributed by atoms with van der Waals surface area (Å²) >= 11 is 0. The molecule has 0 atom stereocenters. The van der Waals surface area contributed by atoms with E-state index in [9.17, 15) is 9.59 Å². The average Bonchev–Trinajstić information content (AvgIpc) is 3.08. The van der Waals surface area contributed by atoms with Gasteiger partial charge in [-0.05, 0) is 148 Å². The lowest BCUT2D eigenvalue weighted by Gasteiger charge is -2.29. The molecular weight excluding hydrogens is 588 g/mol. The molecule has 6 aromatic carbocycles. The molecule has 0 saturated heterocycles. The van der Waals surface area contributed by atoms with Gasteiger partial charge in [0.1, 0.15) is 12.6 Å². The number of hydrogen-bond donors (Lipinski definition) is 0. The van der Waals surface area contributed by atoms with Crippen LogP contribution < -0.4 is 9.80 Å². The SMILES string of the molecule is Cc1cc(C)c(N(c2ccc(C=O)cc2)c2ccc(-c3ccc(N(c4ccc(C=O)cc4)c4c(C)cc(C)cc4C)cc3)cc2)c(C)c1. The second-order valence-electron chi connectivity index (χ2n) is 12.7. The molecule has 0 aliphatic carbocycles. The van der Waals surface area contributed by atoms with Gasteiger partial charge in [-0.2, -0.15) is 0 Å². The Kier molecular flexibility index (Phi) is 9.09. The van der Waals surface area contributed by atoms with Gasteiger partial charge in [-0.1, -0.05) is 59.7 Å². The standard InChI is InChI=1S/C44H40N2O2/c1-29-23-31(3)43(32(4)24-29)45(39-15-7-35(27-47)8-16-39)41-19-11-37(12-20-41)38-13-21-42(22-14-38)46(40-17-9-36(28-48)10-18-40)44-33(5)25-30(2)26-34(44)6/h7-28H,1-6H3. The molecular formula is C44H40N2O2. The molecule has 0 heterocycles. The van der Waals surface area contributed by atoms with E-state index in [1.807, 2.05) is 48.5 Å². The van der Waals surface area contributed by atoms with E-state index < -0.39 is 0 Å². The van der Waals surface area contributed by atoms with Crippen LogP contribution in [0.3, 0.4) is 0 Å². The highest BCUT2D eigenvalue weighted by Gasteiger charge is 2.19. The minimum Gasteiger partial charge on any atom is -0.310 e. The predicted octanol–water partition coefficient (Wildman–Crippen LogP) is 11.8. The fourth-order valence-corrected chi connectivity index (χ4v) is 6.87. The van der Waals surface area contributed by atoms with Crippen molar-refractivity contribution in [2.24, 2.45) is 0 Å². The maximum atomic E-state index is 11.4. The Morgan fingerprint density at radius 1 is 0.375 bits per heavy atom. The van der Waals surface area contributed by atoms with Crippen LogP contribution in [0, 0.1) is 41.5 Å². The number of nitrogens with zero attached hydrogens (tertiary/aromatic N) is 2. The fourth-order valence-electron chi connectivity index (χ4n) is 6.87. The summed E-state index contributed by atoms with van der Waals surface area (Å²) in [7, 11) is 0. The van der Waals surface area contributed by atoms with Gasteiger partial charge < -0.3 is 9.80 Å². The molecule has 0 unspecified atom stereocenters. The Morgan fingerprint density at radius 2 is 0.625 bits per heavy atom. The Balaban J connectivity index is 1.37. The largest absolute Gasteiger partial charge is 0.310 e. The Bertz CT molecular complexity index is 1890. The molecule has 4 nitrogen and oxygen atoms in total. The number of hydrogen-bond acceptors (Lipinski definition) is 4. The van der Waals surface area contributed by atoms with Crippen molar-refractivity contribution in [2.45, 2.75) is 41.5 Å². The number of anilines is 6. The molecule has 6 aromatic rings. The first kappa shape index (κ1) is 32.2. The van der Waals surface area contributed by atoms with Gasteiger partial charge in [0, 0.05) is 33.9 Å². The highest BCUT2D eigenvalue weighted by atomic mass is 16.1. The molecule has 0 radical (unpaired) electrons. The third-order valence-electron chi connectivity index (χ3n) is 8.88. The Hall–Kier alpha value is -5.74. The number of benzene rings is 6. The minimum atomic E-state index is 0.652. The van der Waals surface area contributed by atoms with Crippen molar-refractivity contribution < 1.29 is 9.59 Å². The molecule has 0 fully saturated rings. The summed E-state index contributed by atoms with van der Waals surface area (Å²) in [6.07, 6.45) is 1.75. The summed E-state index contributed by atoms with van der Waals surface area (Å²) in [6.45, 7) is 12.8. The van der Waals surface area contributed by atoms with E-state index in [2.05, 4.69) is 124 Å². The number of carbonyl (C=O) groups is 2. The molecule has 0 aliphatic heterocycles. The summed E-state index contributed by atoms with van der Waals surface area (Å²) < 4.78 is 0. The number of carbonyl (C=O) groups excluding carboxylic acids is 2. The maximum Gasteiger partial charge on any atom is 0.150 e. The normalized spacial score (nSPS) is 10.9. The summed E-state index contributed by atoms with van der Waals surface area (Å²) in [5, 5.41) is 0. The van der Waals surface area contributed by atoms with Gasteiger partial charge in [0.2, 0.25) is 0 Å². The molecule has 238 valence electrons. The van der Waals surface area contributed by atoms with Gasteiger partial charge in [0.25, 0.3) is 0 Å². The van der Waals surface area contributed by atoms with Crippen molar-refractivity contribution in [1.82, 2.24) is 0 Å². The van der Waals surface area contributed by atoms with Crippen molar-refractivity contribution in [3.63, 3.8) is 0 Å². The van der Waals surface area contributed by atoms with Crippen molar-refractivity contribution >= 4 is 46.7 Å². The fraction of sp³-hybridized carbons (Fsp3) is 0.136. The van der Waals surface area contributed by atoms with Gasteiger partial charge in [-0.25, -0.2) is 0 Å². The monoisotopic (exact) mass is 628 g/mol. The average molecular weight is 629 g/mol. The molecule has 0 aliphatic rings. The first-order valence-corrected chi connectivity index (χ1v) is 16.2. The molecule has 0 bridgehead atoms. The predicted molar refractivity (Wildman–Crippen MR) is 200 cm³/mol. The van der Waals surface area contributed by atoms with E-state index in [4.69, 9.17) is 0 Å². The maximum absolute atomic E-state index is 11.4. The Morgan fingerprint density at radius 3 is 0.875 bits per heavy atom. The van der Waals surface area contributed by atoms with Crippen molar-refractivity contribution in [3.8, 4) is 11.1 Å². The molecule has 0 saturated carbocycles. The smallest absolute Gasteiger partial charge is 0.150 e. The Labute approximate surface area is 283 Å². The molecule has 48 heavy (non-hydrogen) atoms. The summed E-state index contributed by atoms with van der Waals surface area (Å²) in [5.74, 6) is 0. The third-order valence-corrected chi connectivity index (χ3v) is 8.88. The van der Waals surface area contributed by atoms with E-state index >= 15 is 0 Å². The molecule has 6 rings (SSSR count). The molecule has 0 aromatic heterocycles. The zero-order chi connectivity index (χ0) is 33.9. The van der Waals surface area contributed by atoms with Gasteiger partial charge in [-0.3, -0.25) is 9.59 Å². The molecule has 0 spiro atoms. The van der Waals surface area contributed by atoms with E-state index in [0.29, 0.717) is 11.1 Å². The van der Waals surface area contributed by atoms with Crippen molar-refractivity contribution in [3.05, 3.63) is 166 Å². The van der Waals surface area contributed by atoms with Gasteiger partial charge >= 0.3 is 0 Å².